The van der Waals surface area contributed by atoms with Crippen molar-refractivity contribution < 1.29 is 0 Å². The van der Waals surface area contributed by atoms with Gasteiger partial charge in [0.1, 0.15) is 0 Å². The van der Waals surface area contributed by atoms with E-state index in [4.69, 9.17) is 23.2 Å². The minimum Gasteiger partial charge on any atom is -0.289 e. The van der Waals surface area contributed by atoms with E-state index in [9.17, 15) is 9.59 Å². The van der Waals surface area contributed by atoms with Crippen LogP contribution in [0.15, 0.2) is 70.3 Å². The molecule has 32 heavy (non-hydrogen) atoms. The van der Waals surface area contributed by atoms with Crippen molar-refractivity contribution in [2.75, 3.05) is 0 Å². The van der Waals surface area contributed by atoms with Crippen LogP contribution in [0.4, 0.5) is 0 Å². The SMILES string of the molecule is Cc1cc(C)cc(CCCn2c(=O)c3c(Cl)cc(Cl)cc3n(Cc3ccccc3)c2=O)c1. The molecule has 0 atom stereocenters. The molecule has 0 amide bonds. The van der Waals surface area contributed by atoms with Gasteiger partial charge < -0.3 is 0 Å². The van der Waals surface area contributed by atoms with Gasteiger partial charge in [-0.2, -0.15) is 0 Å². The lowest BCUT2D eigenvalue weighted by Crippen LogP contribution is -2.40. The molecule has 164 valence electrons. The van der Waals surface area contributed by atoms with Gasteiger partial charge in [-0.05, 0) is 49.9 Å². The number of hydrogen-bond acceptors (Lipinski definition) is 2. The molecule has 0 aliphatic heterocycles. The van der Waals surface area contributed by atoms with Gasteiger partial charge in [-0.25, -0.2) is 4.79 Å². The Bertz CT molecular complexity index is 1390. The molecule has 0 saturated heterocycles. The molecule has 0 N–H and O–H groups in total. The Morgan fingerprint density at radius 3 is 2.19 bits per heavy atom. The Balaban J connectivity index is 1.76. The van der Waals surface area contributed by atoms with Crippen LogP contribution in [0.2, 0.25) is 10.0 Å². The Morgan fingerprint density at radius 1 is 0.812 bits per heavy atom. The smallest absolute Gasteiger partial charge is 0.289 e. The first-order chi connectivity index (χ1) is 15.3. The van der Waals surface area contributed by atoms with Crippen LogP contribution in [0.1, 0.15) is 28.7 Å². The first-order valence-corrected chi connectivity index (χ1v) is 11.3. The van der Waals surface area contributed by atoms with E-state index in [-0.39, 0.29) is 16.3 Å². The molecule has 0 radical (unpaired) electrons. The van der Waals surface area contributed by atoms with Crippen molar-refractivity contribution in [2.24, 2.45) is 0 Å². The zero-order chi connectivity index (χ0) is 22.8. The van der Waals surface area contributed by atoms with E-state index in [1.165, 1.54) is 21.3 Å². The van der Waals surface area contributed by atoms with Crippen molar-refractivity contribution in [1.29, 1.82) is 0 Å². The van der Waals surface area contributed by atoms with Crippen molar-refractivity contribution in [3.63, 3.8) is 0 Å². The lowest BCUT2D eigenvalue weighted by Gasteiger charge is -2.15. The second kappa shape index (κ2) is 9.35. The molecule has 0 aliphatic carbocycles. The number of rotatable bonds is 6. The molecule has 4 nitrogen and oxygen atoms in total. The minimum atomic E-state index is -0.378. The van der Waals surface area contributed by atoms with Gasteiger partial charge in [0, 0.05) is 11.6 Å². The molecule has 6 heteroatoms. The predicted molar refractivity (Wildman–Crippen MR) is 132 cm³/mol. The monoisotopic (exact) mass is 466 g/mol. The number of aryl methyl sites for hydroxylation is 3. The molecule has 0 aliphatic rings. The van der Waals surface area contributed by atoms with E-state index in [2.05, 4.69) is 32.0 Å². The van der Waals surface area contributed by atoms with Crippen LogP contribution in [-0.2, 0) is 19.5 Å². The van der Waals surface area contributed by atoms with Gasteiger partial charge in [0.2, 0.25) is 0 Å². The molecule has 0 fully saturated rings. The third kappa shape index (κ3) is 4.67. The van der Waals surface area contributed by atoms with Crippen molar-refractivity contribution in [2.45, 2.75) is 39.8 Å². The van der Waals surface area contributed by atoms with Gasteiger partial charge in [0.05, 0.1) is 22.5 Å². The molecule has 1 heterocycles. The first-order valence-electron chi connectivity index (χ1n) is 10.6. The van der Waals surface area contributed by atoms with Crippen LogP contribution in [0.5, 0.6) is 0 Å². The lowest BCUT2D eigenvalue weighted by molar-refractivity contribution is 0.563. The molecule has 1 aromatic heterocycles. The fourth-order valence-corrected chi connectivity index (χ4v) is 4.79. The quantitative estimate of drug-likeness (QED) is 0.362. The largest absolute Gasteiger partial charge is 0.331 e. The summed E-state index contributed by atoms with van der Waals surface area (Å²) >= 11 is 12.6. The first kappa shape index (κ1) is 22.4. The van der Waals surface area contributed by atoms with E-state index in [0.717, 1.165) is 12.0 Å². The fourth-order valence-electron chi connectivity index (χ4n) is 4.23. The number of aromatic nitrogens is 2. The summed E-state index contributed by atoms with van der Waals surface area (Å²) in [5, 5.41) is 0.955. The summed E-state index contributed by atoms with van der Waals surface area (Å²) in [6.07, 6.45) is 1.44. The van der Waals surface area contributed by atoms with E-state index >= 15 is 0 Å². The van der Waals surface area contributed by atoms with Crippen LogP contribution in [0, 0.1) is 13.8 Å². The number of nitrogens with zero attached hydrogens (tertiary/aromatic N) is 2. The predicted octanol–water partition coefficient (Wildman–Crippen LogP) is 5.77. The highest BCUT2D eigenvalue weighted by Gasteiger charge is 2.17. The highest BCUT2D eigenvalue weighted by atomic mass is 35.5. The zero-order valence-corrected chi connectivity index (χ0v) is 19.6. The van der Waals surface area contributed by atoms with Gasteiger partial charge in [-0.1, -0.05) is 82.9 Å². The highest BCUT2D eigenvalue weighted by molar-refractivity contribution is 6.38. The second-order valence-electron chi connectivity index (χ2n) is 8.19. The third-order valence-corrected chi connectivity index (χ3v) is 6.07. The van der Waals surface area contributed by atoms with Gasteiger partial charge in [0.15, 0.2) is 0 Å². The number of halogens is 2. The number of fused-ring (bicyclic) bond motifs is 1. The third-order valence-electron chi connectivity index (χ3n) is 5.56. The summed E-state index contributed by atoms with van der Waals surface area (Å²) in [5.74, 6) is 0. The normalized spacial score (nSPS) is 11.2. The average Bonchev–Trinajstić information content (AvgIpc) is 2.73. The molecular weight excluding hydrogens is 443 g/mol. The Labute approximate surface area is 196 Å². The molecule has 0 spiro atoms. The van der Waals surface area contributed by atoms with Crippen LogP contribution >= 0.6 is 23.2 Å². The van der Waals surface area contributed by atoms with Crippen molar-refractivity contribution in [1.82, 2.24) is 9.13 Å². The van der Waals surface area contributed by atoms with Crippen molar-refractivity contribution >= 4 is 34.1 Å². The maximum Gasteiger partial charge on any atom is 0.331 e. The number of benzene rings is 3. The van der Waals surface area contributed by atoms with Gasteiger partial charge in [0.25, 0.3) is 5.56 Å². The Morgan fingerprint density at radius 2 is 1.50 bits per heavy atom. The second-order valence-corrected chi connectivity index (χ2v) is 9.04. The molecule has 4 rings (SSSR count). The van der Waals surface area contributed by atoms with Crippen LogP contribution < -0.4 is 11.2 Å². The fraction of sp³-hybridized carbons (Fsp3) is 0.231. The molecule has 3 aromatic carbocycles. The van der Waals surface area contributed by atoms with E-state index in [0.29, 0.717) is 35.4 Å². The average molecular weight is 467 g/mol. The molecular formula is C26H24Cl2N2O2. The van der Waals surface area contributed by atoms with Gasteiger partial charge in [-0.3, -0.25) is 13.9 Å². The van der Waals surface area contributed by atoms with Crippen molar-refractivity contribution in [3.8, 4) is 0 Å². The Hall–Kier alpha value is -2.82. The van der Waals surface area contributed by atoms with Crippen LogP contribution in [0.3, 0.4) is 0 Å². The van der Waals surface area contributed by atoms with Crippen LogP contribution in [0.25, 0.3) is 10.9 Å². The molecule has 0 saturated carbocycles. The Kier molecular flexibility index (Phi) is 6.54. The molecule has 4 aromatic rings. The summed E-state index contributed by atoms with van der Waals surface area (Å²) < 4.78 is 2.88. The van der Waals surface area contributed by atoms with Gasteiger partial charge in [-0.15, -0.1) is 0 Å². The van der Waals surface area contributed by atoms with E-state index in [1.54, 1.807) is 16.7 Å². The van der Waals surface area contributed by atoms with Crippen molar-refractivity contribution in [3.05, 3.63) is 114 Å². The maximum absolute atomic E-state index is 13.4. The summed E-state index contributed by atoms with van der Waals surface area (Å²) in [6.45, 7) is 4.78. The zero-order valence-electron chi connectivity index (χ0n) is 18.1. The van der Waals surface area contributed by atoms with Crippen LogP contribution in [-0.4, -0.2) is 9.13 Å². The topological polar surface area (TPSA) is 44.0 Å². The molecule has 0 bridgehead atoms. The molecule has 0 unspecified atom stereocenters. The summed E-state index contributed by atoms with van der Waals surface area (Å²) in [5.41, 5.74) is 4.28. The lowest BCUT2D eigenvalue weighted by atomic mass is 10.0. The summed E-state index contributed by atoms with van der Waals surface area (Å²) in [7, 11) is 0. The standard InChI is InChI=1S/C26H24Cl2N2O2/c1-17-11-18(2)13-20(12-17)9-6-10-29-25(31)24-22(28)14-21(27)15-23(24)30(26(29)32)16-19-7-4-3-5-8-19/h3-5,7-8,11-15H,6,9-10,16H2,1-2H3. The minimum absolute atomic E-state index is 0.252. The van der Waals surface area contributed by atoms with E-state index < -0.39 is 0 Å². The van der Waals surface area contributed by atoms with E-state index in [1.807, 2.05) is 30.3 Å². The highest BCUT2D eigenvalue weighted by Crippen LogP contribution is 2.25. The summed E-state index contributed by atoms with van der Waals surface area (Å²) in [4.78, 5) is 26.7. The maximum atomic E-state index is 13.4. The summed E-state index contributed by atoms with van der Waals surface area (Å²) in [6, 6.07) is 19.2. The van der Waals surface area contributed by atoms with Gasteiger partial charge >= 0.3 is 5.69 Å². The number of hydrogen-bond donors (Lipinski definition) is 0.